The van der Waals surface area contributed by atoms with Crippen LogP contribution < -0.4 is 5.32 Å². The molecule has 1 amide bonds. The van der Waals surface area contributed by atoms with Crippen LogP contribution >= 0.6 is 11.3 Å². The van der Waals surface area contributed by atoms with Gasteiger partial charge in [0.1, 0.15) is 10.0 Å². The second kappa shape index (κ2) is 9.34. The summed E-state index contributed by atoms with van der Waals surface area (Å²) < 4.78 is 0. The summed E-state index contributed by atoms with van der Waals surface area (Å²) in [4.78, 5) is 37.2. The topological polar surface area (TPSA) is 98.7 Å². The molecule has 3 aromatic rings. The molecule has 3 heterocycles. The molecule has 0 aliphatic carbocycles. The first-order chi connectivity index (χ1) is 15.0. The average molecular weight is 438 g/mol. The number of amides is 1. The van der Waals surface area contributed by atoms with Crippen molar-refractivity contribution in [3.05, 3.63) is 65.6 Å². The fourth-order valence-corrected chi connectivity index (χ4v) is 4.33. The first-order valence-electron chi connectivity index (χ1n) is 9.95. The van der Waals surface area contributed by atoms with Crippen LogP contribution in [-0.4, -0.2) is 70.0 Å². The molecule has 0 radical (unpaired) electrons. The Balaban J connectivity index is 1.45. The van der Waals surface area contributed by atoms with Crippen molar-refractivity contribution >= 4 is 28.2 Å². The summed E-state index contributed by atoms with van der Waals surface area (Å²) in [5.41, 5.74) is 2.19. The van der Waals surface area contributed by atoms with E-state index in [1.165, 1.54) is 0 Å². The number of thiazole rings is 1. The van der Waals surface area contributed by atoms with Gasteiger partial charge in [-0.1, -0.05) is 23.5 Å². The summed E-state index contributed by atoms with van der Waals surface area (Å²) in [6.07, 6.45) is 3.22. The highest BCUT2D eigenvalue weighted by atomic mass is 32.1. The molecule has 1 fully saturated rings. The van der Waals surface area contributed by atoms with Gasteiger partial charge in [-0.15, -0.1) is 0 Å². The zero-order valence-electron chi connectivity index (χ0n) is 17.1. The summed E-state index contributed by atoms with van der Waals surface area (Å²) in [6.45, 7) is 5.03. The van der Waals surface area contributed by atoms with Crippen LogP contribution in [0.25, 0.3) is 10.6 Å². The van der Waals surface area contributed by atoms with Crippen LogP contribution in [0.3, 0.4) is 0 Å². The van der Waals surface area contributed by atoms with Crippen molar-refractivity contribution in [2.75, 3.05) is 38.5 Å². The minimum absolute atomic E-state index is 0.170. The van der Waals surface area contributed by atoms with Gasteiger partial charge in [0.15, 0.2) is 5.69 Å². The number of carboxylic acid groups (broad SMARTS) is 1. The number of anilines is 1. The number of aromatic carboxylic acids is 1. The quantitative estimate of drug-likeness (QED) is 0.612. The highest BCUT2D eigenvalue weighted by Gasteiger charge is 2.21. The van der Waals surface area contributed by atoms with E-state index in [1.807, 2.05) is 12.1 Å². The number of benzene rings is 1. The predicted molar refractivity (Wildman–Crippen MR) is 119 cm³/mol. The van der Waals surface area contributed by atoms with Gasteiger partial charge in [0.25, 0.3) is 5.91 Å². The normalized spacial score (nSPS) is 15.0. The number of nitrogens with zero attached hydrogens (tertiary/aromatic N) is 4. The Bertz CT molecular complexity index is 1060. The zero-order chi connectivity index (χ0) is 21.8. The molecule has 0 saturated carbocycles. The Morgan fingerprint density at radius 1 is 1.06 bits per heavy atom. The first-order valence-corrected chi connectivity index (χ1v) is 10.8. The molecule has 1 aliphatic heterocycles. The third-order valence-electron chi connectivity index (χ3n) is 5.20. The van der Waals surface area contributed by atoms with Gasteiger partial charge in [0, 0.05) is 56.2 Å². The number of carbonyl (C=O) groups excluding carboxylic acids is 1. The third-order valence-corrected chi connectivity index (χ3v) is 6.22. The lowest BCUT2D eigenvalue weighted by Gasteiger charge is -2.32. The minimum Gasteiger partial charge on any atom is -0.476 e. The van der Waals surface area contributed by atoms with Crippen molar-refractivity contribution in [2.24, 2.45) is 0 Å². The lowest BCUT2D eigenvalue weighted by atomic mass is 10.1. The van der Waals surface area contributed by atoms with E-state index in [-0.39, 0.29) is 16.6 Å². The molecule has 0 atom stereocenters. The fraction of sp³-hybridized carbons (Fsp3) is 0.273. The molecule has 0 unspecified atom stereocenters. The lowest BCUT2D eigenvalue weighted by molar-refractivity contribution is 0.0692. The van der Waals surface area contributed by atoms with E-state index >= 15 is 0 Å². The maximum atomic E-state index is 12.7. The van der Waals surface area contributed by atoms with E-state index in [0.29, 0.717) is 10.6 Å². The molecule has 1 aromatic carbocycles. The van der Waals surface area contributed by atoms with E-state index in [0.717, 1.165) is 55.2 Å². The second-order valence-corrected chi connectivity index (χ2v) is 8.47. The summed E-state index contributed by atoms with van der Waals surface area (Å²) in [6, 6.07) is 10.9. The van der Waals surface area contributed by atoms with Crippen molar-refractivity contribution in [1.82, 2.24) is 19.8 Å². The number of piperazine rings is 1. The van der Waals surface area contributed by atoms with E-state index in [4.69, 9.17) is 0 Å². The number of likely N-dealkylation sites (N-methyl/N-ethyl adjacent to an activating group) is 1. The van der Waals surface area contributed by atoms with Crippen LogP contribution in [0.2, 0.25) is 0 Å². The van der Waals surface area contributed by atoms with Crippen molar-refractivity contribution in [2.45, 2.75) is 6.54 Å². The third kappa shape index (κ3) is 5.13. The molecule has 0 spiro atoms. The molecule has 4 rings (SSSR count). The number of carboxylic acids is 1. The Morgan fingerprint density at radius 2 is 1.74 bits per heavy atom. The van der Waals surface area contributed by atoms with Gasteiger partial charge in [-0.25, -0.2) is 9.78 Å². The smallest absolute Gasteiger partial charge is 0.357 e. The van der Waals surface area contributed by atoms with Crippen LogP contribution in [0.4, 0.5) is 5.00 Å². The molecule has 8 nitrogen and oxygen atoms in total. The number of rotatable bonds is 6. The maximum absolute atomic E-state index is 12.7. The zero-order valence-corrected chi connectivity index (χ0v) is 17.9. The predicted octanol–water partition coefficient (Wildman–Crippen LogP) is 2.90. The monoisotopic (exact) mass is 437 g/mol. The first kappa shape index (κ1) is 21.1. The highest BCUT2D eigenvalue weighted by molar-refractivity contribution is 7.19. The standard InChI is InChI=1S/C22H23N5O3S/c1-26-10-12-27(13-11-26)14-15-2-4-16(5-3-15)19(28)25-21-18(22(29)30)24-20(31-21)17-6-8-23-9-7-17/h2-9H,10-14H2,1H3,(H,25,28)(H,29,30). The van der Waals surface area contributed by atoms with Crippen molar-refractivity contribution in [3.63, 3.8) is 0 Å². The van der Waals surface area contributed by atoms with Crippen molar-refractivity contribution in [3.8, 4) is 10.6 Å². The summed E-state index contributed by atoms with van der Waals surface area (Å²) in [7, 11) is 2.13. The Labute approximate surface area is 184 Å². The van der Waals surface area contributed by atoms with Crippen LogP contribution in [0.5, 0.6) is 0 Å². The Morgan fingerprint density at radius 3 is 2.39 bits per heavy atom. The van der Waals surface area contributed by atoms with E-state index in [2.05, 4.69) is 32.1 Å². The highest BCUT2D eigenvalue weighted by Crippen LogP contribution is 2.32. The molecule has 1 aliphatic rings. The van der Waals surface area contributed by atoms with Crippen LogP contribution in [-0.2, 0) is 6.54 Å². The van der Waals surface area contributed by atoms with E-state index < -0.39 is 5.97 Å². The van der Waals surface area contributed by atoms with Crippen LogP contribution in [0, 0.1) is 0 Å². The molecular formula is C22H23N5O3S. The molecule has 2 N–H and O–H groups in total. The number of pyridine rings is 1. The Kier molecular flexibility index (Phi) is 6.36. The van der Waals surface area contributed by atoms with Gasteiger partial charge in [-0.05, 0) is 36.9 Å². The largest absolute Gasteiger partial charge is 0.476 e. The average Bonchev–Trinajstić information content (AvgIpc) is 3.20. The molecule has 31 heavy (non-hydrogen) atoms. The molecule has 1 saturated heterocycles. The summed E-state index contributed by atoms with van der Waals surface area (Å²) in [5.74, 6) is -1.55. The van der Waals surface area contributed by atoms with E-state index in [1.54, 1.807) is 36.7 Å². The summed E-state index contributed by atoms with van der Waals surface area (Å²) >= 11 is 1.13. The minimum atomic E-state index is -1.19. The lowest BCUT2D eigenvalue weighted by Crippen LogP contribution is -2.43. The van der Waals surface area contributed by atoms with Gasteiger partial charge in [-0.2, -0.15) is 0 Å². The number of aromatic nitrogens is 2. The molecule has 0 bridgehead atoms. The second-order valence-electron chi connectivity index (χ2n) is 7.47. The van der Waals surface area contributed by atoms with Crippen molar-refractivity contribution in [1.29, 1.82) is 0 Å². The van der Waals surface area contributed by atoms with E-state index in [9.17, 15) is 14.7 Å². The number of nitrogens with one attached hydrogen (secondary N) is 1. The van der Waals surface area contributed by atoms with Crippen LogP contribution in [0.15, 0.2) is 48.8 Å². The molecule has 9 heteroatoms. The molecule has 2 aromatic heterocycles. The Hall–Kier alpha value is -3.14. The van der Waals surface area contributed by atoms with Gasteiger partial charge < -0.3 is 15.3 Å². The number of carbonyl (C=O) groups is 2. The van der Waals surface area contributed by atoms with Crippen molar-refractivity contribution < 1.29 is 14.7 Å². The summed E-state index contributed by atoms with van der Waals surface area (Å²) in [5, 5.41) is 12.9. The van der Waals surface area contributed by atoms with Gasteiger partial charge >= 0.3 is 5.97 Å². The molecular weight excluding hydrogens is 414 g/mol. The van der Waals surface area contributed by atoms with Gasteiger partial charge in [0.2, 0.25) is 0 Å². The number of hydrogen-bond acceptors (Lipinski definition) is 7. The maximum Gasteiger partial charge on any atom is 0.357 e. The van der Waals surface area contributed by atoms with Gasteiger partial charge in [-0.3, -0.25) is 14.7 Å². The van der Waals surface area contributed by atoms with Gasteiger partial charge in [0.05, 0.1) is 0 Å². The fourth-order valence-electron chi connectivity index (χ4n) is 3.37. The SMILES string of the molecule is CN1CCN(Cc2ccc(C(=O)Nc3sc(-c4ccncc4)nc3C(=O)O)cc2)CC1. The molecule has 160 valence electrons. The number of hydrogen-bond donors (Lipinski definition) is 2. The van der Waals surface area contributed by atoms with Crippen LogP contribution in [0.1, 0.15) is 26.4 Å².